The highest BCUT2D eigenvalue weighted by atomic mass is 16.6. The molecular formula is C22H28N2O6. The quantitative estimate of drug-likeness (QED) is 0.474. The summed E-state index contributed by atoms with van der Waals surface area (Å²) in [6.07, 6.45) is 3.01. The zero-order chi connectivity index (χ0) is 22.3. The van der Waals surface area contributed by atoms with Crippen LogP contribution in [0.2, 0.25) is 0 Å². The van der Waals surface area contributed by atoms with E-state index in [0.717, 1.165) is 19.3 Å². The molecule has 0 spiro atoms. The lowest BCUT2D eigenvalue weighted by Crippen LogP contribution is -2.53. The van der Waals surface area contributed by atoms with Crippen molar-refractivity contribution in [3.05, 3.63) is 23.8 Å². The van der Waals surface area contributed by atoms with E-state index in [-0.39, 0.29) is 11.5 Å². The summed E-state index contributed by atoms with van der Waals surface area (Å²) in [6, 6.07) is 6.90. The monoisotopic (exact) mass is 416 g/mol. The van der Waals surface area contributed by atoms with E-state index in [1.165, 1.54) is 38.0 Å². The second kappa shape index (κ2) is 10.1. The number of carbonyl (C=O) groups is 3. The fourth-order valence-electron chi connectivity index (χ4n) is 3.57. The van der Waals surface area contributed by atoms with Gasteiger partial charge >= 0.3 is 5.97 Å². The number of carbonyl (C=O) groups excluding carboxylic acids is 3. The fourth-order valence-corrected chi connectivity index (χ4v) is 3.57. The van der Waals surface area contributed by atoms with E-state index in [1.807, 2.05) is 0 Å². The van der Waals surface area contributed by atoms with Crippen molar-refractivity contribution in [2.45, 2.75) is 57.6 Å². The number of Topliss-reactive ketones (excluding diaryl/α,β-unsaturated/α-hetero) is 1. The Morgan fingerprint density at radius 1 is 1.20 bits per heavy atom. The fraction of sp³-hybridized carbons (Fsp3) is 0.545. The summed E-state index contributed by atoms with van der Waals surface area (Å²) in [5.74, 6) is -0.676. The van der Waals surface area contributed by atoms with Gasteiger partial charge in [-0.1, -0.05) is 19.3 Å². The zero-order valence-corrected chi connectivity index (χ0v) is 17.9. The average molecular weight is 416 g/mol. The summed E-state index contributed by atoms with van der Waals surface area (Å²) in [7, 11) is 3.01. The van der Waals surface area contributed by atoms with E-state index in [1.54, 1.807) is 13.1 Å². The first-order chi connectivity index (χ1) is 14.2. The van der Waals surface area contributed by atoms with Crippen molar-refractivity contribution in [2.75, 3.05) is 20.8 Å². The minimum Gasteiger partial charge on any atom is -0.493 e. The molecule has 0 aliphatic heterocycles. The van der Waals surface area contributed by atoms with Crippen molar-refractivity contribution in [3.63, 3.8) is 0 Å². The molecule has 1 aliphatic carbocycles. The minimum atomic E-state index is -1.04. The van der Waals surface area contributed by atoms with Gasteiger partial charge in [0.25, 0.3) is 5.91 Å². The second-order valence-electron chi connectivity index (χ2n) is 7.44. The molecule has 162 valence electrons. The molecule has 1 atom stereocenters. The van der Waals surface area contributed by atoms with Gasteiger partial charge in [-0.2, -0.15) is 5.26 Å². The summed E-state index contributed by atoms with van der Waals surface area (Å²) in [5, 5.41) is 9.63. The second-order valence-corrected chi connectivity index (χ2v) is 7.44. The Balaban J connectivity index is 1.95. The number of esters is 1. The molecule has 0 aromatic heterocycles. The van der Waals surface area contributed by atoms with Crippen LogP contribution in [-0.2, 0) is 14.3 Å². The average Bonchev–Trinajstić information content (AvgIpc) is 2.76. The molecule has 0 bridgehead atoms. The van der Waals surface area contributed by atoms with Crippen LogP contribution in [-0.4, -0.2) is 55.0 Å². The molecule has 0 heterocycles. The van der Waals surface area contributed by atoms with Crippen LogP contribution in [0.5, 0.6) is 11.5 Å². The third-order valence-corrected chi connectivity index (χ3v) is 5.43. The number of rotatable bonds is 8. The maximum absolute atomic E-state index is 12.7. The van der Waals surface area contributed by atoms with Gasteiger partial charge in [0.05, 0.1) is 13.2 Å². The molecular weight excluding hydrogens is 388 g/mol. The molecule has 2 rings (SSSR count). The third kappa shape index (κ3) is 5.29. The Morgan fingerprint density at radius 2 is 1.87 bits per heavy atom. The minimum absolute atomic E-state index is 0.121. The van der Waals surface area contributed by atoms with Crippen molar-refractivity contribution in [3.8, 4) is 17.6 Å². The van der Waals surface area contributed by atoms with Crippen LogP contribution in [0.4, 0.5) is 0 Å². The maximum Gasteiger partial charge on any atom is 0.344 e. The molecule has 8 heteroatoms. The van der Waals surface area contributed by atoms with E-state index in [2.05, 4.69) is 6.07 Å². The lowest BCUT2D eigenvalue weighted by atomic mass is 9.81. The molecule has 8 nitrogen and oxygen atoms in total. The van der Waals surface area contributed by atoms with Gasteiger partial charge in [0, 0.05) is 12.6 Å². The number of hydrogen-bond donors (Lipinski definition) is 0. The highest BCUT2D eigenvalue weighted by Crippen LogP contribution is 2.33. The standard InChI is InChI=1S/C22H28N2O6/c1-15(25)17-8-9-18(19(12-17)28-4)29-13-20(26)30-16(2)21(27)24(3)22(14-23)10-6-5-7-11-22/h8-9,12,16H,5-7,10-11,13H2,1-4H3/t16-/m0/s1. The summed E-state index contributed by atoms with van der Waals surface area (Å²) in [5.41, 5.74) is -0.392. The highest BCUT2D eigenvalue weighted by molar-refractivity contribution is 5.94. The van der Waals surface area contributed by atoms with E-state index in [9.17, 15) is 19.6 Å². The Bertz CT molecular complexity index is 839. The smallest absolute Gasteiger partial charge is 0.344 e. The predicted octanol–water partition coefficient (Wildman–Crippen LogP) is 2.89. The Morgan fingerprint density at radius 3 is 2.43 bits per heavy atom. The van der Waals surface area contributed by atoms with Crippen molar-refractivity contribution in [1.82, 2.24) is 4.90 Å². The highest BCUT2D eigenvalue weighted by Gasteiger charge is 2.40. The van der Waals surface area contributed by atoms with E-state index >= 15 is 0 Å². The maximum atomic E-state index is 12.7. The number of benzene rings is 1. The van der Waals surface area contributed by atoms with Crippen molar-refractivity contribution < 1.29 is 28.6 Å². The Hall–Kier alpha value is -3.08. The van der Waals surface area contributed by atoms with Crippen molar-refractivity contribution in [2.24, 2.45) is 0 Å². The summed E-state index contributed by atoms with van der Waals surface area (Å²) in [4.78, 5) is 37.8. The van der Waals surface area contributed by atoms with Crippen LogP contribution in [0.3, 0.4) is 0 Å². The molecule has 30 heavy (non-hydrogen) atoms. The Labute approximate surface area is 176 Å². The van der Waals surface area contributed by atoms with Gasteiger partial charge in [-0.05, 0) is 44.9 Å². The van der Waals surface area contributed by atoms with Crippen LogP contribution in [0, 0.1) is 11.3 Å². The van der Waals surface area contributed by atoms with Gasteiger partial charge in [0.1, 0.15) is 5.54 Å². The largest absolute Gasteiger partial charge is 0.493 e. The predicted molar refractivity (Wildman–Crippen MR) is 108 cm³/mol. The molecule has 0 unspecified atom stereocenters. The van der Waals surface area contributed by atoms with Crippen LogP contribution in [0.1, 0.15) is 56.3 Å². The van der Waals surface area contributed by atoms with Gasteiger partial charge in [0.15, 0.2) is 30.0 Å². The molecule has 0 radical (unpaired) electrons. The SMILES string of the molecule is COc1cc(C(C)=O)ccc1OCC(=O)O[C@@H](C)C(=O)N(C)C1(C#N)CCCCC1. The van der Waals surface area contributed by atoms with E-state index in [4.69, 9.17) is 14.2 Å². The van der Waals surface area contributed by atoms with Crippen LogP contribution in [0.15, 0.2) is 18.2 Å². The van der Waals surface area contributed by atoms with E-state index in [0.29, 0.717) is 24.2 Å². The van der Waals surface area contributed by atoms with E-state index < -0.39 is 30.1 Å². The van der Waals surface area contributed by atoms with Crippen LogP contribution >= 0.6 is 0 Å². The first kappa shape index (κ1) is 23.2. The summed E-state index contributed by atoms with van der Waals surface area (Å²) in [6.45, 7) is 2.49. The van der Waals surface area contributed by atoms with Gasteiger partial charge in [-0.3, -0.25) is 9.59 Å². The van der Waals surface area contributed by atoms with Crippen LogP contribution in [0.25, 0.3) is 0 Å². The first-order valence-electron chi connectivity index (χ1n) is 9.94. The number of ether oxygens (including phenoxy) is 3. The molecule has 1 aromatic rings. The number of methoxy groups -OCH3 is 1. The van der Waals surface area contributed by atoms with Crippen LogP contribution < -0.4 is 9.47 Å². The zero-order valence-electron chi connectivity index (χ0n) is 17.9. The molecule has 0 N–H and O–H groups in total. The number of nitriles is 1. The molecule has 1 saturated carbocycles. The third-order valence-electron chi connectivity index (χ3n) is 5.43. The Kier molecular flexibility index (Phi) is 7.81. The van der Waals surface area contributed by atoms with Gasteiger partial charge < -0.3 is 19.1 Å². The molecule has 1 aromatic carbocycles. The lowest BCUT2D eigenvalue weighted by molar-refractivity contribution is -0.162. The number of hydrogen-bond acceptors (Lipinski definition) is 7. The van der Waals surface area contributed by atoms with Crippen molar-refractivity contribution >= 4 is 17.7 Å². The first-order valence-corrected chi connectivity index (χ1v) is 9.94. The summed E-state index contributed by atoms with van der Waals surface area (Å²) < 4.78 is 15.8. The molecule has 1 aliphatic rings. The molecule has 1 amide bonds. The van der Waals surface area contributed by atoms with Gasteiger partial charge in [-0.15, -0.1) is 0 Å². The molecule has 0 saturated heterocycles. The van der Waals surface area contributed by atoms with Crippen molar-refractivity contribution in [1.29, 1.82) is 5.26 Å². The topological polar surface area (TPSA) is 106 Å². The normalized spacial score (nSPS) is 16.0. The van der Waals surface area contributed by atoms with Gasteiger partial charge in [0.2, 0.25) is 0 Å². The number of amides is 1. The number of nitrogens with zero attached hydrogens (tertiary/aromatic N) is 2. The lowest BCUT2D eigenvalue weighted by Gasteiger charge is -2.39. The summed E-state index contributed by atoms with van der Waals surface area (Å²) >= 11 is 0. The number of ketones is 1. The molecule has 1 fully saturated rings. The van der Waals surface area contributed by atoms with Gasteiger partial charge in [-0.25, -0.2) is 4.79 Å². The number of likely N-dealkylation sites (N-methyl/N-ethyl adjacent to an activating group) is 1.